The topological polar surface area (TPSA) is 188 Å². The van der Waals surface area contributed by atoms with E-state index in [0.29, 0.717) is 5.56 Å². The van der Waals surface area contributed by atoms with E-state index in [0.717, 1.165) is 0 Å². The Kier molecular flexibility index (Phi) is 11.1. The number of thiol groups is 1. The van der Waals surface area contributed by atoms with Crippen molar-refractivity contribution >= 4 is 42.3 Å². The normalized spacial score (nSPS) is 13.4. The zero-order valence-corrected chi connectivity index (χ0v) is 17.5. The summed E-state index contributed by atoms with van der Waals surface area (Å²) in [5, 5.41) is 25.0. The molecule has 0 aromatic heterocycles. The maximum absolute atomic E-state index is 12.3. The SMILES string of the molecule is NC(CS)C(=O)NC(CCC(=O)O)C(=O)NCC(=O)NC(Cc1ccccc1)C(=O)O. The molecule has 0 saturated carbocycles. The number of carbonyl (C=O) groups excluding carboxylic acids is 3. The van der Waals surface area contributed by atoms with E-state index in [1.807, 2.05) is 0 Å². The summed E-state index contributed by atoms with van der Waals surface area (Å²) in [6, 6.07) is 5.24. The van der Waals surface area contributed by atoms with Crippen LogP contribution in [0.3, 0.4) is 0 Å². The lowest BCUT2D eigenvalue weighted by Crippen LogP contribution is -2.54. The van der Waals surface area contributed by atoms with Crippen LogP contribution in [0.5, 0.6) is 0 Å². The molecule has 3 atom stereocenters. The first-order valence-electron chi connectivity index (χ1n) is 9.36. The molecule has 12 heteroatoms. The molecule has 0 aliphatic carbocycles. The third-order valence-electron chi connectivity index (χ3n) is 4.15. The van der Waals surface area contributed by atoms with Crippen molar-refractivity contribution in [3.63, 3.8) is 0 Å². The van der Waals surface area contributed by atoms with Gasteiger partial charge in [-0.2, -0.15) is 12.6 Å². The van der Waals surface area contributed by atoms with Crippen LogP contribution in [-0.2, 0) is 30.4 Å². The van der Waals surface area contributed by atoms with Gasteiger partial charge < -0.3 is 31.9 Å². The summed E-state index contributed by atoms with van der Waals surface area (Å²) >= 11 is 3.88. The fourth-order valence-electron chi connectivity index (χ4n) is 2.48. The summed E-state index contributed by atoms with van der Waals surface area (Å²) in [4.78, 5) is 58.6. The fourth-order valence-corrected chi connectivity index (χ4v) is 2.65. The lowest BCUT2D eigenvalue weighted by molar-refractivity contribution is -0.141. The van der Waals surface area contributed by atoms with Crippen LogP contribution in [0.1, 0.15) is 18.4 Å². The molecule has 0 fully saturated rings. The van der Waals surface area contributed by atoms with Crippen molar-refractivity contribution in [2.75, 3.05) is 12.3 Å². The third-order valence-corrected chi connectivity index (χ3v) is 4.55. The molecule has 1 aromatic carbocycles. The van der Waals surface area contributed by atoms with Crippen molar-refractivity contribution in [3.8, 4) is 0 Å². The minimum atomic E-state index is -1.24. The lowest BCUT2D eigenvalue weighted by atomic mass is 10.1. The molecule has 0 saturated heterocycles. The van der Waals surface area contributed by atoms with Crippen LogP contribution in [0.2, 0.25) is 0 Å². The van der Waals surface area contributed by atoms with E-state index >= 15 is 0 Å². The van der Waals surface area contributed by atoms with E-state index in [4.69, 9.17) is 10.8 Å². The molecule has 0 radical (unpaired) electrons. The van der Waals surface area contributed by atoms with E-state index in [2.05, 4.69) is 28.6 Å². The highest BCUT2D eigenvalue weighted by molar-refractivity contribution is 7.80. The third kappa shape index (κ3) is 9.96. The monoisotopic (exact) mass is 454 g/mol. The molecule has 3 amide bonds. The molecule has 0 aliphatic rings. The van der Waals surface area contributed by atoms with Crippen LogP contribution in [0.15, 0.2) is 30.3 Å². The number of nitrogens with one attached hydrogen (secondary N) is 3. The van der Waals surface area contributed by atoms with Crippen molar-refractivity contribution in [1.29, 1.82) is 0 Å². The molecular formula is C19H26N4O7S. The molecule has 170 valence electrons. The molecule has 0 spiro atoms. The van der Waals surface area contributed by atoms with Crippen molar-refractivity contribution in [1.82, 2.24) is 16.0 Å². The van der Waals surface area contributed by atoms with Gasteiger partial charge in [0.25, 0.3) is 0 Å². The second-order valence-corrected chi connectivity index (χ2v) is 7.01. The number of aliphatic carboxylic acids is 2. The van der Waals surface area contributed by atoms with Gasteiger partial charge in [0.1, 0.15) is 12.1 Å². The quantitative estimate of drug-likeness (QED) is 0.176. The summed E-state index contributed by atoms with van der Waals surface area (Å²) < 4.78 is 0. The summed E-state index contributed by atoms with van der Waals surface area (Å²) in [6.07, 6.45) is -0.576. The van der Waals surface area contributed by atoms with Gasteiger partial charge >= 0.3 is 11.9 Å². The Balaban J connectivity index is 2.66. The van der Waals surface area contributed by atoms with E-state index < -0.39 is 60.8 Å². The summed E-state index contributed by atoms with van der Waals surface area (Å²) in [6.45, 7) is -0.560. The molecule has 7 N–H and O–H groups in total. The average Bonchev–Trinajstić information content (AvgIpc) is 2.74. The largest absolute Gasteiger partial charge is 0.481 e. The van der Waals surface area contributed by atoms with Gasteiger partial charge in [-0.1, -0.05) is 30.3 Å². The molecule has 0 heterocycles. The van der Waals surface area contributed by atoms with Gasteiger partial charge in [0.15, 0.2) is 0 Å². The Morgan fingerprint density at radius 3 is 2.16 bits per heavy atom. The smallest absolute Gasteiger partial charge is 0.326 e. The van der Waals surface area contributed by atoms with Crippen molar-refractivity contribution in [3.05, 3.63) is 35.9 Å². The molecular weight excluding hydrogens is 428 g/mol. The molecule has 0 bridgehead atoms. The van der Waals surface area contributed by atoms with Gasteiger partial charge in [0, 0.05) is 18.6 Å². The molecule has 3 unspecified atom stereocenters. The summed E-state index contributed by atoms with van der Waals surface area (Å²) in [5.74, 6) is -4.65. The number of carbonyl (C=O) groups is 5. The number of benzene rings is 1. The highest BCUT2D eigenvalue weighted by atomic mass is 32.1. The molecule has 31 heavy (non-hydrogen) atoms. The minimum absolute atomic E-state index is 0.0134. The first kappa shape index (κ1) is 25.9. The number of nitrogens with two attached hydrogens (primary N) is 1. The maximum atomic E-state index is 12.3. The second kappa shape index (κ2) is 13.2. The first-order valence-corrected chi connectivity index (χ1v) is 9.99. The maximum Gasteiger partial charge on any atom is 0.326 e. The first-order chi connectivity index (χ1) is 14.6. The predicted octanol–water partition coefficient (Wildman–Crippen LogP) is -1.48. The van der Waals surface area contributed by atoms with Gasteiger partial charge in [0.2, 0.25) is 17.7 Å². The summed E-state index contributed by atoms with van der Waals surface area (Å²) in [7, 11) is 0. The Hall–Kier alpha value is -3.12. The van der Waals surface area contributed by atoms with Crippen LogP contribution >= 0.6 is 12.6 Å². The van der Waals surface area contributed by atoms with Gasteiger partial charge in [-0.15, -0.1) is 0 Å². The second-order valence-electron chi connectivity index (χ2n) is 6.65. The van der Waals surface area contributed by atoms with E-state index in [1.165, 1.54) is 0 Å². The lowest BCUT2D eigenvalue weighted by Gasteiger charge is -2.20. The van der Waals surface area contributed by atoms with Crippen LogP contribution < -0.4 is 21.7 Å². The Morgan fingerprint density at radius 1 is 0.968 bits per heavy atom. The van der Waals surface area contributed by atoms with E-state index in [1.54, 1.807) is 30.3 Å². The standard InChI is InChI=1S/C19H26N4O7S/c20-12(10-31)17(27)23-13(6-7-16(25)26)18(28)21-9-15(24)22-14(19(29)30)8-11-4-2-1-3-5-11/h1-5,12-14,31H,6-10,20H2,(H,21,28)(H,22,24)(H,23,27)(H,25,26)(H,29,30). The zero-order valence-electron chi connectivity index (χ0n) is 16.6. The molecule has 11 nitrogen and oxygen atoms in total. The highest BCUT2D eigenvalue weighted by Crippen LogP contribution is 2.04. The fraction of sp³-hybridized carbons (Fsp3) is 0.421. The van der Waals surface area contributed by atoms with Gasteiger partial charge in [0.05, 0.1) is 12.6 Å². The van der Waals surface area contributed by atoms with Crippen LogP contribution in [0.4, 0.5) is 0 Å². The average molecular weight is 455 g/mol. The molecule has 1 aromatic rings. The number of carboxylic acids is 2. The van der Waals surface area contributed by atoms with Crippen molar-refractivity contribution in [2.45, 2.75) is 37.4 Å². The predicted molar refractivity (Wildman–Crippen MR) is 113 cm³/mol. The number of carboxylic acid groups (broad SMARTS) is 2. The molecule has 0 aliphatic heterocycles. The van der Waals surface area contributed by atoms with Crippen molar-refractivity contribution < 1.29 is 34.2 Å². The zero-order chi connectivity index (χ0) is 23.4. The number of hydrogen-bond donors (Lipinski definition) is 7. The van der Waals surface area contributed by atoms with Gasteiger partial charge in [-0.3, -0.25) is 19.2 Å². The van der Waals surface area contributed by atoms with E-state index in [-0.39, 0.29) is 18.6 Å². The minimum Gasteiger partial charge on any atom is -0.481 e. The number of amides is 3. The Morgan fingerprint density at radius 2 is 1.61 bits per heavy atom. The van der Waals surface area contributed by atoms with Gasteiger partial charge in [-0.25, -0.2) is 4.79 Å². The Labute approximate surface area is 184 Å². The van der Waals surface area contributed by atoms with E-state index in [9.17, 15) is 29.1 Å². The number of hydrogen-bond acceptors (Lipinski definition) is 7. The van der Waals surface area contributed by atoms with Crippen LogP contribution in [0.25, 0.3) is 0 Å². The summed E-state index contributed by atoms with van der Waals surface area (Å²) in [5.41, 5.74) is 6.24. The van der Waals surface area contributed by atoms with Gasteiger partial charge in [-0.05, 0) is 12.0 Å². The number of rotatable bonds is 13. The highest BCUT2D eigenvalue weighted by Gasteiger charge is 2.25. The van der Waals surface area contributed by atoms with Crippen LogP contribution in [0, 0.1) is 0 Å². The van der Waals surface area contributed by atoms with Crippen molar-refractivity contribution in [2.24, 2.45) is 5.73 Å². The Bertz CT molecular complexity index is 791. The van der Waals surface area contributed by atoms with Crippen LogP contribution in [-0.4, -0.2) is 70.3 Å². The molecule has 1 rings (SSSR count).